The molecule has 20 heavy (non-hydrogen) atoms. The fourth-order valence-electron chi connectivity index (χ4n) is 2.08. The van der Waals surface area contributed by atoms with Gasteiger partial charge in [0.05, 0.1) is 22.0 Å². The third-order valence-electron chi connectivity index (χ3n) is 3.14. The highest BCUT2D eigenvalue weighted by Crippen LogP contribution is 2.30. The molecule has 1 unspecified atom stereocenters. The Morgan fingerprint density at radius 2 is 1.70 bits per heavy atom. The Morgan fingerprint density at radius 1 is 1.00 bits per heavy atom. The van der Waals surface area contributed by atoms with Gasteiger partial charge in [-0.2, -0.15) is 0 Å². The van der Waals surface area contributed by atoms with Crippen LogP contribution in [0.3, 0.4) is 0 Å². The van der Waals surface area contributed by atoms with Gasteiger partial charge in [-0.05, 0) is 29.8 Å². The second-order valence-corrected chi connectivity index (χ2v) is 6.26. The highest BCUT2D eigenvalue weighted by molar-refractivity contribution is 9.10. The summed E-state index contributed by atoms with van der Waals surface area (Å²) in [6, 6.07) is 15.1. The molecule has 0 aliphatic rings. The monoisotopic (exact) mass is 392 g/mol. The number of rotatable bonds is 2. The van der Waals surface area contributed by atoms with E-state index in [0.717, 1.165) is 10.0 Å². The van der Waals surface area contributed by atoms with Gasteiger partial charge in [0.1, 0.15) is 5.58 Å². The normalized spacial score (nSPS) is 12.5. The highest BCUT2D eigenvalue weighted by atomic mass is 79.9. The van der Waals surface area contributed by atoms with Crippen LogP contribution in [-0.2, 0) is 0 Å². The summed E-state index contributed by atoms with van der Waals surface area (Å²) in [7, 11) is 0. The fourth-order valence-corrected chi connectivity index (χ4v) is 2.96. The zero-order chi connectivity index (χ0) is 14.1. The van der Waals surface area contributed by atoms with Crippen molar-refractivity contribution in [2.45, 2.75) is 4.83 Å². The SMILES string of the molecule is O=c1c(C(Br)c2ccc(Br)cc2)coc2ccccc12. The lowest BCUT2D eigenvalue weighted by Crippen LogP contribution is -2.11. The van der Waals surface area contributed by atoms with Crippen molar-refractivity contribution in [3.05, 3.63) is 80.6 Å². The van der Waals surface area contributed by atoms with Crippen LogP contribution in [-0.4, -0.2) is 0 Å². The lowest BCUT2D eigenvalue weighted by atomic mass is 10.0. The molecule has 0 saturated carbocycles. The lowest BCUT2D eigenvalue weighted by Gasteiger charge is -2.10. The highest BCUT2D eigenvalue weighted by Gasteiger charge is 2.16. The van der Waals surface area contributed by atoms with Crippen LogP contribution in [0, 0.1) is 0 Å². The van der Waals surface area contributed by atoms with Crippen molar-refractivity contribution in [1.29, 1.82) is 0 Å². The Labute approximate surface area is 132 Å². The molecule has 100 valence electrons. The molecule has 0 aliphatic heterocycles. The maximum Gasteiger partial charge on any atom is 0.197 e. The third kappa shape index (κ3) is 2.45. The molecule has 1 heterocycles. The molecule has 0 radical (unpaired) electrons. The van der Waals surface area contributed by atoms with Crippen molar-refractivity contribution in [3.63, 3.8) is 0 Å². The summed E-state index contributed by atoms with van der Waals surface area (Å²) >= 11 is 6.98. The largest absolute Gasteiger partial charge is 0.464 e. The van der Waals surface area contributed by atoms with E-state index in [1.165, 1.54) is 6.26 Å². The number of hydrogen-bond donors (Lipinski definition) is 0. The molecule has 3 rings (SSSR count). The van der Waals surface area contributed by atoms with Gasteiger partial charge in [0, 0.05) is 4.47 Å². The average molecular weight is 394 g/mol. The zero-order valence-electron chi connectivity index (χ0n) is 10.3. The molecular weight excluding hydrogens is 384 g/mol. The number of para-hydroxylation sites is 1. The van der Waals surface area contributed by atoms with Crippen LogP contribution >= 0.6 is 31.9 Å². The number of benzene rings is 2. The first-order valence-corrected chi connectivity index (χ1v) is 7.77. The van der Waals surface area contributed by atoms with Crippen molar-refractivity contribution in [3.8, 4) is 0 Å². The van der Waals surface area contributed by atoms with Crippen LogP contribution in [0.25, 0.3) is 11.0 Å². The minimum atomic E-state index is -0.184. The predicted molar refractivity (Wildman–Crippen MR) is 87.4 cm³/mol. The molecule has 2 aromatic carbocycles. The summed E-state index contributed by atoms with van der Waals surface area (Å²) in [6.07, 6.45) is 1.53. The average Bonchev–Trinajstić information content (AvgIpc) is 2.48. The molecule has 4 heteroatoms. The number of hydrogen-bond acceptors (Lipinski definition) is 2. The van der Waals surface area contributed by atoms with Crippen molar-refractivity contribution in [2.75, 3.05) is 0 Å². The molecule has 1 atom stereocenters. The van der Waals surface area contributed by atoms with E-state index in [4.69, 9.17) is 4.42 Å². The summed E-state index contributed by atoms with van der Waals surface area (Å²) in [4.78, 5) is 12.3. The summed E-state index contributed by atoms with van der Waals surface area (Å²) in [6.45, 7) is 0. The molecule has 0 saturated heterocycles. The molecule has 0 fully saturated rings. The van der Waals surface area contributed by atoms with E-state index in [-0.39, 0.29) is 10.3 Å². The van der Waals surface area contributed by atoms with Crippen molar-refractivity contribution in [1.82, 2.24) is 0 Å². The zero-order valence-corrected chi connectivity index (χ0v) is 13.5. The summed E-state index contributed by atoms with van der Waals surface area (Å²) in [5.41, 5.74) is 2.22. The molecule has 0 aliphatic carbocycles. The molecule has 0 amide bonds. The van der Waals surface area contributed by atoms with Crippen LogP contribution < -0.4 is 5.43 Å². The Kier molecular flexibility index (Phi) is 3.76. The Morgan fingerprint density at radius 3 is 2.45 bits per heavy atom. The third-order valence-corrected chi connectivity index (χ3v) is 4.69. The summed E-state index contributed by atoms with van der Waals surface area (Å²) < 4.78 is 6.56. The quantitative estimate of drug-likeness (QED) is 0.571. The van der Waals surface area contributed by atoms with Crippen LogP contribution in [0.5, 0.6) is 0 Å². The van der Waals surface area contributed by atoms with Crippen molar-refractivity contribution < 1.29 is 4.42 Å². The van der Waals surface area contributed by atoms with E-state index in [1.807, 2.05) is 36.4 Å². The van der Waals surface area contributed by atoms with E-state index >= 15 is 0 Å². The number of alkyl halides is 1. The first kappa shape index (κ1) is 13.6. The van der Waals surface area contributed by atoms with E-state index < -0.39 is 0 Å². The minimum absolute atomic E-state index is 0.00311. The Hall–Kier alpha value is -1.39. The number of halogens is 2. The van der Waals surface area contributed by atoms with E-state index in [2.05, 4.69) is 31.9 Å². The maximum absolute atomic E-state index is 12.5. The van der Waals surface area contributed by atoms with Gasteiger partial charge in [-0.1, -0.05) is 56.1 Å². The molecule has 0 bridgehead atoms. The topological polar surface area (TPSA) is 30.2 Å². The maximum atomic E-state index is 12.5. The summed E-state index contributed by atoms with van der Waals surface area (Å²) in [5, 5.41) is 0.603. The van der Waals surface area contributed by atoms with Crippen molar-refractivity contribution in [2.24, 2.45) is 0 Å². The molecule has 0 spiro atoms. The standard InChI is InChI=1S/C16H10Br2O2/c17-11-7-5-10(6-8-11)15(18)13-9-20-14-4-2-1-3-12(14)16(13)19/h1-9,15H. The molecule has 2 nitrogen and oxygen atoms in total. The Bertz CT molecular complexity index is 807. The van der Waals surface area contributed by atoms with Gasteiger partial charge in [0.2, 0.25) is 0 Å². The second kappa shape index (κ2) is 5.54. The van der Waals surface area contributed by atoms with E-state index in [0.29, 0.717) is 16.5 Å². The van der Waals surface area contributed by atoms with Gasteiger partial charge in [-0.15, -0.1) is 0 Å². The van der Waals surface area contributed by atoms with Crippen LogP contribution in [0.2, 0.25) is 0 Å². The lowest BCUT2D eigenvalue weighted by molar-refractivity contribution is 0.594. The predicted octanol–water partition coefficient (Wildman–Crippen LogP) is 5.04. The number of fused-ring (bicyclic) bond motifs is 1. The first-order valence-electron chi connectivity index (χ1n) is 6.07. The van der Waals surface area contributed by atoms with Gasteiger partial charge in [0.25, 0.3) is 0 Å². The smallest absolute Gasteiger partial charge is 0.197 e. The van der Waals surface area contributed by atoms with E-state index in [9.17, 15) is 4.79 Å². The van der Waals surface area contributed by atoms with E-state index in [1.54, 1.807) is 12.1 Å². The fraction of sp³-hybridized carbons (Fsp3) is 0.0625. The molecule has 3 aromatic rings. The molecule has 1 aromatic heterocycles. The van der Waals surface area contributed by atoms with Crippen LogP contribution in [0.1, 0.15) is 16.0 Å². The van der Waals surface area contributed by atoms with Crippen molar-refractivity contribution >= 4 is 42.8 Å². The first-order chi connectivity index (χ1) is 9.66. The van der Waals surface area contributed by atoms with Gasteiger partial charge < -0.3 is 4.42 Å². The van der Waals surface area contributed by atoms with Gasteiger partial charge in [-0.25, -0.2) is 0 Å². The Balaban J connectivity index is 2.12. The second-order valence-electron chi connectivity index (χ2n) is 4.43. The van der Waals surface area contributed by atoms with Gasteiger partial charge in [-0.3, -0.25) is 4.79 Å². The molecular formula is C16H10Br2O2. The van der Waals surface area contributed by atoms with Gasteiger partial charge >= 0.3 is 0 Å². The minimum Gasteiger partial charge on any atom is -0.464 e. The van der Waals surface area contributed by atoms with Gasteiger partial charge in [0.15, 0.2) is 5.43 Å². The molecule has 0 N–H and O–H groups in total. The summed E-state index contributed by atoms with van der Waals surface area (Å²) in [5.74, 6) is 0. The van der Waals surface area contributed by atoms with Crippen LogP contribution in [0.4, 0.5) is 0 Å². The van der Waals surface area contributed by atoms with Crippen LogP contribution in [0.15, 0.2) is 68.5 Å².